The van der Waals surface area contributed by atoms with Crippen LogP contribution in [0.4, 0.5) is 4.79 Å². The van der Waals surface area contributed by atoms with E-state index in [1.807, 2.05) is 6.92 Å². The lowest BCUT2D eigenvalue weighted by Crippen LogP contribution is -2.43. The first-order chi connectivity index (χ1) is 9.40. The van der Waals surface area contributed by atoms with Crippen LogP contribution in [-0.4, -0.2) is 44.4 Å². The average Bonchev–Trinajstić information content (AvgIpc) is 2.37. The Kier molecular flexibility index (Phi) is 4.01. The maximum Gasteiger partial charge on any atom is 0.407 e. The standard InChI is InChI=1S/C14H19N3O3/c1-8-6-11(4-5-17(8)14(19)20)13-12(9(2)18)7-15-10(3)16-13/h7-8,11H,4-6H2,1-3H3,(H,19,20). The van der Waals surface area contributed by atoms with E-state index in [0.717, 1.165) is 5.69 Å². The van der Waals surface area contributed by atoms with Crippen molar-refractivity contribution in [2.24, 2.45) is 0 Å². The molecule has 0 spiro atoms. The Morgan fingerprint density at radius 1 is 1.45 bits per heavy atom. The van der Waals surface area contributed by atoms with Crippen LogP contribution in [0.15, 0.2) is 6.20 Å². The molecule has 0 bridgehead atoms. The number of carboxylic acid groups (broad SMARTS) is 1. The van der Waals surface area contributed by atoms with Gasteiger partial charge >= 0.3 is 6.09 Å². The number of aryl methyl sites for hydroxylation is 1. The normalized spacial score (nSPS) is 22.6. The molecule has 108 valence electrons. The van der Waals surface area contributed by atoms with Gasteiger partial charge in [-0.2, -0.15) is 0 Å². The SMILES string of the molecule is CC(=O)c1cnc(C)nc1C1CCN(C(=O)O)C(C)C1. The van der Waals surface area contributed by atoms with E-state index in [0.29, 0.717) is 30.8 Å². The van der Waals surface area contributed by atoms with Gasteiger partial charge in [0.1, 0.15) is 5.82 Å². The van der Waals surface area contributed by atoms with Crippen LogP contribution in [-0.2, 0) is 0 Å². The molecule has 1 amide bonds. The first-order valence-electron chi connectivity index (χ1n) is 6.74. The van der Waals surface area contributed by atoms with Crippen molar-refractivity contribution in [2.45, 2.75) is 45.6 Å². The fraction of sp³-hybridized carbons (Fsp3) is 0.571. The predicted octanol–water partition coefficient (Wildman–Crippen LogP) is 2.23. The molecule has 2 atom stereocenters. The molecular formula is C14H19N3O3. The number of nitrogens with zero attached hydrogens (tertiary/aromatic N) is 3. The highest BCUT2D eigenvalue weighted by Gasteiger charge is 2.31. The number of ketones is 1. The number of likely N-dealkylation sites (tertiary alicyclic amines) is 1. The zero-order chi connectivity index (χ0) is 14.9. The number of Topliss-reactive ketones (excluding diaryl/α,β-unsaturated/α-hetero) is 1. The van der Waals surface area contributed by atoms with Crippen LogP contribution in [0.2, 0.25) is 0 Å². The van der Waals surface area contributed by atoms with E-state index in [2.05, 4.69) is 9.97 Å². The number of hydrogen-bond acceptors (Lipinski definition) is 4. The largest absolute Gasteiger partial charge is 0.465 e. The number of aromatic nitrogens is 2. The second-order valence-electron chi connectivity index (χ2n) is 5.32. The van der Waals surface area contributed by atoms with Crippen molar-refractivity contribution in [3.8, 4) is 0 Å². The van der Waals surface area contributed by atoms with Gasteiger partial charge in [-0.3, -0.25) is 4.79 Å². The van der Waals surface area contributed by atoms with Crippen molar-refractivity contribution < 1.29 is 14.7 Å². The molecule has 6 heteroatoms. The topological polar surface area (TPSA) is 83.4 Å². The van der Waals surface area contributed by atoms with Gasteiger partial charge < -0.3 is 10.0 Å². The minimum absolute atomic E-state index is 0.0479. The third-order valence-corrected chi connectivity index (χ3v) is 3.83. The summed E-state index contributed by atoms with van der Waals surface area (Å²) in [5.41, 5.74) is 1.32. The van der Waals surface area contributed by atoms with Crippen molar-refractivity contribution in [1.29, 1.82) is 0 Å². The van der Waals surface area contributed by atoms with Crippen LogP contribution < -0.4 is 0 Å². The minimum atomic E-state index is -0.887. The Labute approximate surface area is 117 Å². The molecule has 0 saturated carbocycles. The summed E-state index contributed by atoms with van der Waals surface area (Å²) >= 11 is 0. The van der Waals surface area contributed by atoms with Crippen molar-refractivity contribution in [2.75, 3.05) is 6.54 Å². The third-order valence-electron chi connectivity index (χ3n) is 3.83. The van der Waals surface area contributed by atoms with Crippen LogP contribution in [0.25, 0.3) is 0 Å². The van der Waals surface area contributed by atoms with Gasteiger partial charge in [0.15, 0.2) is 5.78 Å². The van der Waals surface area contributed by atoms with E-state index in [1.165, 1.54) is 11.8 Å². The number of rotatable bonds is 2. The molecule has 1 saturated heterocycles. The van der Waals surface area contributed by atoms with Crippen molar-refractivity contribution >= 4 is 11.9 Å². The molecule has 1 fully saturated rings. The van der Waals surface area contributed by atoms with E-state index in [4.69, 9.17) is 5.11 Å². The van der Waals surface area contributed by atoms with Gasteiger partial charge in [0.2, 0.25) is 0 Å². The third kappa shape index (κ3) is 2.79. The van der Waals surface area contributed by atoms with Gasteiger partial charge in [-0.15, -0.1) is 0 Å². The van der Waals surface area contributed by atoms with E-state index in [-0.39, 0.29) is 17.7 Å². The van der Waals surface area contributed by atoms with Crippen LogP contribution in [0.3, 0.4) is 0 Å². The molecular weight excluding hydrogens is 258 g/mol. The average molecular weight is 277 g/mol. The lowest BCUT2D eigenvalue weighted by Gasteiger charge is -2.36. The second-order valence-corrected chi connectivity index (χ2v) is 5.32. The summed E-state index contributed by atoms with van der Waals surface area (Å²) < 4.78 is 0. The molecule has 20 heavy (non-hydrogen) atoms. The second kappa shape index (κ2) is 5.56. The zero-order valence-electron chi connectivity index (χ0n) is 12.0. The first kappa shape index (κ1) is 14.4. The Balaban J connectivity index is 2.27. The highest BCUT2D eigenvalue weighted by molar-refractivity contribution is 5.95. The fourth-order valence-corrected chi connectivity index (χ4v) is 2.77. The molecule has 0 radical (unpaired) electrons. The lowest BCUT2D eigenvalue weighted by atomic mass is 9.86. The molecule has 0 aromatic carbocycles. The molecule has 1 aromatic rings. The molecule has 1 aliphatic rings. The van der Waals surface area contributed by atoms with E-state index >= 15 is 0 Å². The molecule has 6 nitrogen and oxygen atoms in total. The lowest BCUT2D eigenvalue weighted by molar-refractivity contribution is 0.0993. The summed E-state index contributed by atoms with van der Waals surface area (Å²) in [7, 11) is 0. The van der Waals surface area contributed by atoms with Gasteiger partial charge in [0.25, 0.3) is 0 Å². The van der Waals surface area contributed by atoms with Crippen molar-refractivity contribution in [1.82, 2.24) is 14.9 Å². The highest BCUT2D eigenvalue weighted by Crippen LogP contribution is 2.32. The van der Waals surface area contributed by atoms with Crippen molar-refractivity contribution in [3.63, 3.8) is 0 Å². The quantitative estimate of drug-likeness (QED) is 0.838. The van der Waals surface area contributed by atoms with Gasteiger partial charge in [0.05, 0.1) is 11.3 Å². The van der Waals surface area contributed by atoms with Crippen molar-refractivity contribution in [3.05, 3.63) is 23.3 Å². The van der Waals surface area contributed by atoms with E-state index in [1.54, 1.807) is 13.1 Å². The summed E-state index contributed by atoms with van der Waals surface area (Å²) in [4.78, 5) is 32.7. The first-order valence-corrected chi connectivity index (χ1v) is 6.74. The van der Waals surface area contributed by atoms with Crippen LogP contribution >= 0.6 is 0 Å². The number of piperidine rings is 1. The number of amides is 1. The Hall–Kier alpha value is -1.98. The number of carbonyl (C=O) groups is 2. The molecule has 1 aliphatic heterocycles. The van der Waals surface area contributed by atoms with Crippen LogP contribution in [0.1, 0.15) is 54.5 Å². The zero-order valence-corrected chi connectivity index (χ0v) is 12.0. The number of carbonyl (C=O) groups excluding carboxylic acids is 1. The Bertz CT molecular complexity index is 544. The number of hydrogen-bond donors (Lipinski definition) is 1. The van der Waals surface area contributed by atoms with Gasteiger partial charge in [-0.05, 0) is 33.6 Å². The summed E-state index contributed by atoms with van der Waals surface area (Å²) in [5.74, 6) is 0.702. The van der Waals surface area contributed by atoms with Gasteiger partial charge in [-0.25, -0.2) is 14.8 Å². The molecule has 1 N–H and O–H groups in total. The maximum atomic E-state index is 11.7. The van der Waals surface area contributed by atoms with E-state index in [9.17, 15) is 9.59 Å². The molecule has 2 rings (SSSR count). The smallest absolute Gasteiger partial charge is 0.407 e. The fourth-order valence-electron chi connectivity index (χ4n) is 2.77. The summed E-state index contributed by atoms with van der Waals surface area (Å²) in [6, 6.07) is -0.0682. The van der Waals surface area contributed by atoms with Crippen LogP contribution in [0.5, 0.6) is 0 Å². The minimum Gasteiger partial charge on any atom is -0.465 e. The molecule has 0 aliphatic carbocycles. The monoisotopic (exact) mass is 277 g/mol. The molecule has 1 aromatic heterocycles. The highest BCUT2D eigenvalue weighted by atomic mass is 16.4. The maximum absolute atomic E-state index is 11.7. The summed E-state index contributed by atoms with van der Waals surface area (Å²) in [5, 5.41) is 9.10. The Morgan fingerprint density at radius 3 is 2.70 bits per heavy atom. The van der Waals surface area contributed by atoms with Gasteiger partial charge in [0, 0.05) is 24.7 Å². The van der Waals surface area contributed by atoms with Gasteiger partial charge in [-0.1, -0.05) is 0 Å². The molecule has 2 heterocycles. The molecule has 2 unspecified atom stereocenters. The predicted molar refractivity (Wildman–Crippen MR) is 72.9 cm³/mol. The van der Waals surface area contributed by atoms with Crippen LogP contribution in [0, 0.1) is 6.92 Å². The van der Waals surface area contributed by atoms with E-state index < -0.39 is 6.09 Å². The summed E-state index contributed by atoms with van der Waals surface area (Å²) in [6.07, 6.45) is 2.06. The Morgan fingerprint density at radius 2 is 2.15 bits per heavy atom. The summed E-state index contributed by atoms with van der Waals surface area (Å²) in [6.45, 7) is 5.67.